The van der Waals surface area contributed by atoms with Crippen molar-refractivity contribution < 1.29 is 9.21 Å². The molecule has 1 heterocycles. The summed E-state index contributed by atoms with van der Waals surface area (Å²) in [6.45, 7) is 1.26. The first-order valence-electron chi connectivity index (χ1n) is 8.83. The Morgan fingerprint density at radius 3 is 2.60 bits per heavy atom. The van der Waals surface area contributed by atoms with Gasteiger partial charge in [0, 0.05) is 5.39 Å². The fourth-order valence-corrected chi connectivity index (χ4v) is 3.03. The number of nitrogens with one attached hydrogen (secondary N) is 2. The molecule has 3 aromatic rings. The first kappa shape index (κ1) is 15.9. The molecule has 0 spiro atoms. The van der Waals surface area contributed by atoms with Crippen molar-refractivity contribution in [1.82, 2.24) is 10.6 Å². The highest BCUT2D eigenvalue weighted by atomic mass is 16.3. The Morgan fingerprint density at radius 2 is 1.84 bits per heavy atom. The van der Waals surface area contributed by atoms with E-state index in [1.54, 1.807) is 0 Å². The van der Waals surface area contributed by atoms with Gasteiger partial charge in [-0.2, -0.15) is 0 Å². The maximum atomic E-state index is 12.4. The van der Waals surface area contributed by atoms with Crippen LogP contribution in [0, 0.1) is 5.92 Å². The second-order valence-electron chi connectivity index (χ2n) is 6.67. The molecule has 25 heavy (non-hydrogen) atoms. The van der Waals surface area contributed by atoms with Gasteiger partial charge in [0.25, 0.3) is 0 Å². The second kappa shape index (κ2) is 7.11. The van der Waals surface area contributed by atoms with E-state index in [0.717, 1.165) is 34.8 Å². The van der Waals surface area contributed by atoms with Gasteiger partial charge in [0.15, 0.2) is 0 Å². The Labute approximate surface area is 147 Å². The van der Waals surface area contributed by atoms with E-state index in [2.05, 4.69) is 10.6 Å². The summed E-state index contributed by atoms with van der Waals surface area (Å²) in [6, 6.07) is 19.6. The predicted octanol–water partition coefficient (Wildman–Crippen LogP) is 3.64. The number of furan rings is 1. The zero-order valence-electron chi connectivity index (χ0n) is 14.1. The van der Waals surface area contributed by atoms with Crippen LogP contribution in [0.5, 0.6) is 0 Å². The van der Waals surface area contributed by atoms with Crippen LogP contribution in [0.3, 0.4) is 0 Å². The molecular weight excluding hydrogens is 312 g/mol. The van der Waals surface area contributed by atoms with Gasteiger partial charge in [0.2, 0.25) is 5.91 Å². The van der Waals surface area contributed by atoms with Crippen molar-refractivity contribution in [2.24, 2.45) is 5.92 Å². The van der Waals surface area contributed by atoms with Crippen LogP contribution in [0.25, 0.3) is 11.0 Å². The van der Waals surface area contributed by atoms with Crippen molar-refractivity contribution in [2.45, 2.75) is 18.9 Å². The van der Waals surface area contributed by atoms with E-state index in [1.807, 2.05) is 60.7 Å². The van der Waals surface area contributed by atoms with Gasteiger partial charge >= 0.3 is 0 Å². The summed E-state index contributed by atoms with van der Waals surface area (Å²) in [4.78, 5) is 12.4. The molecule has 1 saturated carbocycles. The number of carbonyl (C=O) groups excluding carboxylic acids is 1. The molecule has 0 bridgehead atoms. The SMILES string of the molecule is O=C(CNCC1CC1)NC(c1ccccc1)c1cc2ccccc2o1. The maximum absolute atomic E-state index is 12.4. The predicted molar refractivity (Wildman–Crippen MR) is 98.2 cm³/mol. The van der Waals surface area contributed by atoms with Crippen LogP contribution in [0.4, 0.5) is 0 Å². The van der Waals surface area contributed by atoms with Gasteiger partial charge in [-0.1, -0.05) is 48.5 Å². The first-order valence-corrected chi connectivity index (χ1v) is 8.83. The van der Waals surface area contributed by atoms with E-state index in [0.29, 0.717) is 6.54 Å². The van der Waals surface area contributed by atoms with Crippen molar-refractivity contribution in [3.63, 3.8) is 0 Å². The van der Waals surface area contributed by atoms with Gasteiger partial charge in [0.05, 0.1) is 6.54 Å². The highest BCUT2D eigenvalue weighted by molar-refractivity contribution is 5.80. The summed E-state index contributed by atoms with van der Waals surface area (Å²) < 4.78 is 6.00. The molecule has 0 radical (unpaired) electrons. The Balaban J connectivity index is 1.54. The average molecular weight is 334 g/mol. The monoisotopic (exact) mass is 334 g/mol. The first-order chi connectivity index (χ1) is 12.3. The van der Waals surface area contributed by atoms with Gasteiger partial charge in [-0.3, -0.25) is 4.79 Å². The molecule has 1 atom stereocenters. The number of carbonyl (C=O) groups is 1. The molecule has 1 aromatic heterocycles. The lowest BCUT2D eigenvalue weighted by Crippen LogP contribution is -2.37. The number of amides is 1. The van der Waals surface area contributed by atoms with Crippen LogP contribution in [-0.4, -0.2) is 19.0 Å². The standard InChI is InChI=1S/C21H22N2O2/c24-20(14-22-13-15-10-11-15)23-21(16-6-2-1-3-7-16)19-12-17-8-4-5-9-18(17)25-19/h1-9,12,15,21-22H,10-11,13-14H2,(H,23,24). The van der Waals surface area contributed by atoms with Crippen molar-refractivity contribution in [3.05, 3.63) is 72.0 Å². The normalized spacial score (nSPS) is 15.2. The molecule has 2 N–H and O–H groups in total. The summed E-state index contributed by atoms with van der Waals surface area (Å²) in [5, 5.41) is 7.39. The molecule has 1 fully saturated rings. The Morgan fingerprint density at radius 1 is 1.08 bits per heavy atom. The van der Waals surface area contributed by atoms with Gasteiger partial charge in [0.1, 0.15) is 17.4 Å². The Bertz CT molecular complexity index is 819. The minimum atomic E-state index is -0.288. The third-order valence-corrected chi connectivity index (χ3v) is 4.58. The van der Waals surface area contributed by atoms with Gasteiger partial charge < -0.3 is 15.1 Å². The second-order valence-corrected chi connectivity index (χ2v) is 6.67. The van der Waals surface area contributed by atoms with Crippen LogP contribution < -0.4 is 10.6 Å². The summed E-state index contributed by atoms with van der Waals surface area (Å²) in [7, 11) is 0. The van der Waals surface area contributed by atoms with Crippen molar-refractivity contribution in [3.8, 4) is 0 Å². The van der Waals surface area contributed by atoms with Crippen LogP contribution in [0.15, 0.2) is 65.1 Å². The van der Waals surface area contributed by atoms with E-state index < -0.39 is 0 Å². The van der Waals surface area contributed by atoms with E-state index in [-0.39, 0.29) is 11.9 Å². The number of para-hydroxylation sites is 1. The zero-order chi connectivity index (χ0) is 17.1. The van der Waals surface area contributed by atoms with Gasteiger partial charge in [-0.05, 0) is 43.0 Å². The van der Waals surface area contributed by atoms with Crippen molar-refractivity contribution in [1.29, 1.82) is 0 Å². The van der Waals surface area contributed by atoms with Gasteiger partial charge in [-0.15, -0.1) is 0 Å². The summed E-state index contributed by atoms with van der Waals surface area (Å²) >= 11 is 0. The van der Waals surface area contributed by atoms with E-state index in [1.165, 1.54) is 12.8 Å². The van der Waals surface area contributed by atoms with E-state index in [9.17, 15) is 4.79 Å². The molecule has 1 aliphatic rings. The number of fused-ring (bicyclic) bond motifs is 1. The molecule has 1 amide bonds. The van der Waals surface area contributed by atoms with Crippen LogP contribution >= 0.6 is 0 Å². The number of hydrogen-bond donors (Lipinski definition) is 2. The minimum Gasteiger partial charge on any atom is -0.459 e. The lowest BCUT2D eigenvalue weighted by Gasteiger charge is -2.17. The maximum Gasteiger partial charge on any atom is 0.234 e. The molecule has 1 unspecified atom stereocenters. The third-order valence-electron chi connectivity index (χ3n) is 4.58. The molecule has 2 aromatic carbocycles. The molecule has 4 heteroatoms. The fourth-order valence-electron chi connectivity index (χ4n) is 3.03. The number of benzene rings is 2. The molecule has 128 valence electrons. The lowest BCUT2D eigenvalue weighted by molar-refractivity contribution is -0.120. The topological polar surface area (TPSA) is 54.3 Å². The van der Waals surface area contributed by atoms with E-state index in [4.69, 9.17) is 4.42 Å². The highest BCUT2D eigenvalue weighted by Gasteiger charge is 2.23. The van der Waals surface area contributed by atoms with Gasteiger partial charge in [-0.25, -0.2) is 0 Å². The third kappa shape index (κ3) is 3.91. The fraction of sp³-hybridized carbons (Fsp3) is 0.286. The van der Waals surface area contributed by atoms with E-state index >= 15 is 0 Å². The highest BCUT2D eigenvalue weighted by Crippen LogP contribution is 2.29. The molecule has 4 nitrogen and oxygen atoms in total. The smallest absolute Gasteiger partial charge is 0.234 e. The zero-order valence-corrected chi connectivity index (χ0v) is 14.1. The summed E-state index contributed by atoms with van der Waals surface area (Å²) in [5.74, 6) is 1.49. The number of hydrogen-bond acceptors (Lipinski definition) is 3. The van der Waals surface area contributed by atoms with Crippen molar-refractivity contribution in [2.75, 3.05) is 13.1 Å². The molecule has 0 aliphatic heterocycles. The van der Waals surface area contributed by atoms with Crippen LogP contribution in [0.1, 0.15) is 30.2 Å². The Kier molecular flexibility index (Phi) is 4.53. The summed E-state index contributed by atoms with van der Waals surface area (Å²) in [6.07, 6.45) is 2.56. The summed E-state index contributed by atoms with van der Waals surface area (Å²) in [5.41, 5.74) is 1.84. The van der Waals surface area contributed by atoms with Crippen molar-refractivity contribution >= 4 is 16.9 Å². The molecule has 0 saturated heterocycles. The van der Waals surface area contributed by atoms with Crippen LogP contribution in [-0.2, 0) is 4.79 Å². The largest absolute Gasteiger partial charge is 0.459 e. The average Bonchev–Trinajstić information content (AvgIpc) is 3.36. The molecular formula is C21H22N2O2. The number of rotatable bonds is 7. The molecule has 4 rings (SSSR count). The quantitative estimate of drug-likeness (QED) is 0.693. The molecule has 1 aliphatic carbocycles. The minimum absolute atomic E-state index is 0.0186. The Hall–Kier alpha value is -2.59. The van der Waals surface area contributed by atoms with Crippen LogP contribution in [0.2, 0.25) is 0 Å². The lowest BCUT2D eigenvalue weighted by atomic mass is 10.0.